The van der Waals surface area contributed by atoms with Gasteiger partial charge in [0.2, 0.25) is 0 Å². The van der Waals surface area contributed by atoms with E-state index in [9.17, 15) is 24.9 Å². The van der Waals surface area contributed by atoms with Crippen LogP contribution in [0.15, 0.2) is 18.2 Å². The highest BCUT2D eigenvalue weighted by Crippen LogP contribution is 2.68. The molecule has 0 bridgehead atoms. The number of carbonyl (C=O) groups is 2. The minimum atomic E-state index is -1.02. The van der Waals surface area contributed by atoms with E-state index in [0.29, 0.717) is 28.9 Å². The average Bonchev–Trinajstić information content (AvgIpc) is 3.21. The molecule has 4 saturated carbocycles. The normalized spacial score (nSPS) is 39.8. The van der Waals surface area contributed by atoms with Gasteiger partial charge in [-0.2, -0.15) is 0 Å². The van der Waals surface area contributed by atoms with Crippen LogP contribution < -0.4 is 5.73 Å². The third kappa shape index (κ3) is 4.48. The number of hydrogen-bond donors (Lipinski definition) is 4. The number of nitrogens with two attached hydrogens (primary N) is 1. The molecule has 4 aliphatic carbocycles. The summed E-state index contributed by atoms with van der Waals surface area (Å²) in [7, 11) is 0. The topological polar surface area (TPSA) is 130 Å². The molecule has 0 aromatic heterocycles. The number of aliphatic carboxylic acids is 1. The Kier molecular flexibility index (Phi) is 7.21. The van der Waals surface area contributed by atoms with Gasteiger partial charge in [-0.1, -0.05) is 33.6 Å². The van der Waals surface area contributed by atoms with Crippen LogP contribution in [0, 0.1) is 46.3 Å². The monoisotopic (exact) mass is 527 g/mol. The highest BCUT2D eigenvalue weighted by Gasteiger charge is 2.63. The Balaban J connectivity index is 1.38. The molecule has 0 amide bonds. The number of aromatic hydroxyl groups is 1. The van der Waals surface area contributed by atoms with Crippen LogP contribution in [0.3, 0.4) is 0 Å². The summed E-state index contributed by atoms with van der Waals surface area (Å²) in [5.41, 5.74) is 6.35. The molecule has 7 heteroatoms. The van der Waals surface area contributed by atoms with Crippen molar-refractivity contribution in [2.75, 3.05) is 5.73 Å². The van der Waals surface area contributed by atoms with Gasteiger partial charge in [-0.3, -0.25) is 4.79 Å². The van der Waals surface area contributed by atoms with Gasteiger partial charge in [0.1, 0.15) is 17.4 Å². The molecule has 0 aliphatic heterocycles. The summed E-state index contributed by atoms with van der Waals surface area (Å²) < 4.78 is 5.81. The number of hydrogen-bond acceptors (Lipinski definition) is 6. The molecule has 0 spiro atoms. The number of rotatable bonds is 6. The summed E-state index contributed by atoms with van der Waals surface area (Å²) in [6.45, 7) is 6.85. The number of carboxylic acid groups (broad SMARTS) is 1. The molecule has 5 rings (SSSR count). The van der Waals surface area contributed by atoms with Gasteiger partial charge in [-0.15, -0.1) is 0 Å². The van der Waals surface area contributed by atoms with Crippen LogP contribution in [-0.4, -0.2) is 39.5 Å². The molecule has 5 N–H and O–H groups in total. The maximum Gasteiger partial charge on any atom is 0.342 e. The van der Waals surface area contributed by atoms with Crippen molar-refractivity contribution in [3.63, 3.8) is 0 Å². The zero-order valence-corrected chi connectivity index (χ0v) is 23.1. The SMILES string of the molecule is C[C@H](C(CC(=O)O)OC(=O)c1cc(N)ccc1O)[C@H]1CC[C@H]2[C@@H]3C(O)C[C@@H]4CCCC[C@]4(C)[C@H]3CC[C@]12C. The Bertz CT molecular complexity index is 1070. The fourth-order valence-electron chi connectivity index (χ4n) is 9.84. The summed E-state index contributed by atoms with van der Waals surface area (Å²) in [5.74, 6) is -0.161. The maximum atomic E-state index is 13.0. The van der Waals surface area contributed by atoms with E-state index >= 15 is 0 Å². The summed E-state index contributed by atoms with van der Waals surface area (Å²) in [6.07, 6.45) is 8.73. The molecular weight excluding hydrogens is 482 g/mol. The van der Waals surface area contributed by atoms with Crippen molar-refractivity contribution in [1.29, 1.82) is 0 Å². The lowest BCUT2D eigenvalue weighted by Crippen LogP contribution is -2.58. The van der Waals surface area contributed by atoms with Gasteiger partial charge in [0, 0.05) is 5.69 Å². The molecule has 0 radical (unpaired) electrons. The molecule has 7 nitrogen and oxygen atoms in total. The van der Waals surface area contributed by atoms with Crippen LogP contribution in [0.5, 0.6) is 5.75 Å². The van der Waals surface area contributed by atoms with Gasteiger partial charge in [0.25, 0.3) is 0 Å². The lowest BCUT2D eigenvalue weighted by atomic mass is 9.44. The Hall–Kier alpha value is -2.28. The second-order valence-corrected chi connectivity index (χ2v) is 13.4. The van der Waals surface area contributed by atoms with E-state index in [0.717, 1.165) is 32.1 Å². The standard InChI is InChI=1S/C31H45NO6/c1-17(26(16-27(35)36)38-29(37)20-15-19(32)7-10-24(20)33)21-8-9-22-28-23(11-13-31(21,22)3)30(2)12-5-4-6-18(30)14-25(28)34/h7,10,15,17-18,21-23,25-26,28,33-34H,4-6,8-9,11-14,16,32H2,1-3H3,(H,35,36)/t17-,18-,21+,22-,23-,25?,26?,28-,30-,31+/m0/s1. The number of esters is 1. The predicted octanol–water partition coefficient (Wildman–Crippen LogP) is 5.63. The number of fused-ring (bicyclic) bond motifs is 5. The number of benzene rings is 1. The van der Waals surface area contributed by atoms with Crippen molar-refractivity contribution in [3.8, 4) is 5.75 Å². The molecule has 0 heterocycles. The van der Waals surface area contributed by atoms with E-state index in [1.54, 1.807) is 0 Å². The zero-order chi connectivity index (χ0) is 27.4. The fourth-order valence-corrected chi connectivity index (χ4v) is 9.84. The zero-order valence-electron chi connectivity index (χ0n) is 23.1. The Morgan fingerprint density at radius 3 is 2.55 bits per heavy atom. The molecule has 38 heavy (non-hydrogen) atoms. The van der Waals surface area contributed by atoms with Crippen molar-refractivity contribution in [2.45, 2.75) is 97.2 Å². The molecule has 210 valence electrons. The number of phenols is 1. The largest absolute Gasteiger partial charge is 0.507 e. The first kappa shape index (κ1) is 27.3. The first-order chi connectivity index (χ1) is 18.0. The molecular formula is C31H45NO6. The van der Waals surface area contributed by atoms with Gasteiger partial charge in [-0.05, 0) is 109 Å². The molecule has 4 aliphatic rings. The Morgan fingerprint density at radius 2 is 1.82 bits per heavy atom. The summed E-state index contributed by atoms with van der Waals surface area (Å²) in [4.78, 5) is 24.9. The molecule has 4 fully saturated rings. The van der Waals surface area contributed by atoms with E-state index in [1.165, 1.54) is 43.9 Å². The minimum absolute atomic E-state index is 0.0398. The maximum absolute atomic E-state index is 13.0. The number of carboxylic acids is 1. The Labute approximate surface area is 226 Å². The van der Waals surface area contributed by atoms with E-state index in [2.05, 4.69) is 13.8 Å². The van der Waals surface area contributed by atoms with Crippen LogP contribution in [0.1, 0.15) is 95.3 Å². The first-order valence-electron chi connectivity index (χ1n) is 14.6. The van der Waals surface area contributed by atoms with Crippen molar-refractivity contribution >= 4 is 17.6 Å². The van der Waals surface area contributed by atoms with Gasteiger partial charge in [0.15, 0.2) is 0 Å². The van der Waals surface area contributed by atoms with Gasteiger partial charge in [-0.25, -0.2) is 4.79 Å². The lowest BCUT2D eigenvalue weighted by Gasteiger charge is -2.62. The Morgan fingerprint density at radius 1 is 1.08 bits per heavy atom. The van der Waals surface area contributed by atoms with Gasteiger partial charge >= 0.3 is 11.9 Å². The number of aliphatic hydroxyl groups is 1. The van der Waals surface area contributed by atoms with Crippen LogP contribution in [0.25, 0.3) is 0 Å². The third-order valence-electron chi connectivity index (χ3n) is 11.8. The fraction of sp³-hybridized carbons (Fsp3) is 0.742. The summed E-state index contributed by atoms with van der Waals surface area (Å²) in [6, 6.07) is 4.20. The summed E-state index contributed by atoms with van der Waals surface area (Å²) in [5, 5.41) is 31.4. The molecule has 10 atom stereocenters. The number of anilines is 1. The predicted molar refractivity (Wildman–Crippen MR) is 144 cm³/mol. The smallest absolute Gasteiger partial charge is 0.342 e. The van der Waals surface area contributed by atoms with E-state index in [-0.39, 0.29) is 47.0 Å². The number of nitrogen functional groups attached to an aromatic ring is 1. The van der Waals surface area contributed by atoms with Crippen molar-refractivity contribution < 1.29 is 29.6 Å². The van der Waals surface area contributed by atoms with Crippen molar-refractivity contribution in [3.05, 3.63) is 23.8 Å². The van der Waals surface area contributed by atoms with E-state index < -0.39 is 18.0 Å². The molecule has 1 aromatic rings. The van der Waals surface area contributed by atoms with E-state index in [1.807, 2.05) is 6.92 Å². The van der Waals surface area contributed by atoms with Crippen LogP contribution >= 0.6 is 0 Å². The molecule has 0 saturated heterocycles. The van der Waals surface area contributed by atoms with Gasteiger partial charge < -0.3 is 25.8 Å². The van der Waals surface area contributed by atoms with E-state index in [4.69, 9.17) is 10.5 Å². The third-order valence-corrected chi connectivity index (χ3v) is 11.8. The summed E-state index contributed by atoms with van der Waals surface area (Å²) >= 11 is 0. The molecule has 1 aromatic carbocycles. The van der Waals surface area contributed by atoms with Crippen LogP contribution in [-0.2, 0) is 9.53 Å². The number of ether oxygens (including phenoxy) is 1. The number of carbonyl (C=O) groups excluding carboxylic acids is 1. The van der Waals surface area contributed by atoms with Crippen LogP contribution in [0.2, 0.25) is 0 Å². The number of phenolic OH excluding ortho intramolecular Hbond substituents is 1. The second kappa shape index (κ2) is 10.0. The highest BCUT2D eigenvalue weighted by atomic mass is 16.5. The number of aliphatic hydroxyl groups excluding tert-OH is 1. The van der Waals surface area contributed by atoms with Crippen molar-refractivity contribution in [1.82, 2.24) is 0 Å². The first-order valence-corrected chi connectivity index (χ1v) is 14.6. The lowest BCUT2D eigenvalue weighted by molar-refractivity contribution is -0.166. The van der Waals surface area contributed by atoms with Gasteiger partial charge in [0.05, 0.1) is 12.5 Å². The highest BCUT2D eigenvalue weighted by molar-refractivity contribution is 5.93. The minimum Gasteiger partial charge on any atom is -0.507 e. The average molecular weight is 528 g/mol. The quantitative estimate of drug-likeness (QED) is 0.214. The second-order valence-electron chi connectivity index (χ2n) is 13.4. The molecule has 2 unspecified atom stereocenters. The van der Waals surface area contributed by atoms with Crippen LogP contribution in [0.4, 0.5) is 5.69 Å². The van der Waals surface area contributed by atoms with Crippen molar-refractivity contribution in [2.24, 2.45) is 46.3 Å².